The van der Waals surface area contributed by atoms with Crippen molar-refractivity contribution in [2.75, 3.05) is 54.8 Å². The summed E-state index contributed by atoms with van der Waals surface area (Å²) >= 11 is 1.80. The molecule has 0 unspecified atom stereocenters. The first-order valence-corrected chi connectivity index (χ1v) is 12.9. The first-order chi connectivity index (χ1) is 18.4. The zero-order valence-electron chi connectivity index (χ0n) is 21.0. The molecule has 3 aromatic rings. The number of fused-ring (bicyclic) bond motifs is 1. The third kappa shape index (κ3) is 9.02. The van der Waals surface area contributed by atoms with E-state index in [9.17, 15) is 9.59 Å². The molecule has 0 aliphatic carbocycles. The molecule has 0 atom stereocenters. The minimum Gasteiger partial charge on any atom is -0.478 e. The molecule has 3 heterocycles. The lowest BCUT2D eigenvalue weighted by molar-refractivity contribution is -0.134. The van der Waals surface area contributed by atoms with Crippen molar-refractivity contribution in [2.24, 2.45) is 0 Å². The van der Waals surface area contributed by atoms with Crippen LogP contribution < -0.4 is 15.5 Å². The number of carbonyl (C=O) groups is 2. The number of rotatable bonds is 11. The molecule has 0 saturated carbocycles. The van der Waals surface area contributed by atoms with E-state index in [-0.39, 0.29) is 0 Å². The van der Waals surface area contributed by atoms with Crippen LogP contribution in [0.2, 0.25) is 0 Å². The average Bonchev–Trinajstić information content (AvgIpc) is 3.38. The van der Waals surface area contributed by atoms with Crippen molar-refractivity contribution < 1.29 is 19.8 Å². The monoisotopic (exact) mass is 536 g/mol. The van der Waals surface area contributed by atoms with Crippen LogP contribution in [0.4, 0.5) is 17.6 Å². The van der Waals surface area contributed by atoms with Crippen molar-refractivity contribution in [1.29, 1.82) is 0 Å². The number of nitrogens with zero attached hydrogens (tertiary/aromatic N) is 4. The van der Waals surface area contributed by atoms with E-state index in [0.29, 0.717) is 31.2 Å². The van der Waals surface area contributed by atoms with Gasteiger partial charge >= 0.3 is 11.9 Å². The fourth-order valence-corrected chi connectivity index (χ4v) is 4.53. The predicted octanol–water partition coefficient (Wildman–Crippen LogP) is 3.92. The molecule has 2 aromatic heterocycles. The number of anilines is 3. The van der Waals surface area contributed by atoms with Crippen molar-refractivity contribution in [1.82, 2.24) is 14.9 Å². The van der Waals surface area contributed by atoms with Gasteiger partial charge in [-0.3, -0.25) is 4.90 Å². The molecule has 0 spiro atoms. The van der Waals surface area contributed by atoms with Gasteiger partial charge in [0.05, 0.1) is 0 Å². The number of carboxylic acids is 2. The molecule has 1 aromatic carbocycles. The number of carboxylic acid groups (broad SMARTS) is 2. The van der Waals surface area contributed by atoms with Gasteiger partial charge in [0, 0.05) is 68.7 Å². The minimum atomic E-state index is -1.26. The fourth-order valence-electron chi connectivity index (χ4n) is 3.76. The molecule has 4 rings (SSSR count). The SMILES string of the molecule is C=CCNc1cc(N2CCN(Cc3ccc4sccc4c3)CC2)nc(NCC=C)n1.O=C(O)/C=C/C(=O)O. The molecule has 200 valence electrons. The molecule has 11 heteroatoms. The molecule has 38 heavy (non-hydrogen) atoms. The predicted molar refractivity (Wildman–Crippen MR) is 153 cm³/mol. The van der Waals surface area contributed by atoms with Gasteiger partial charge in [-0.15, -0.1) is 24.5 Å². The highest BCUT2D eigenvalue weighted by Gasteiger charge is 2.19. The molecule has 1 fully saturated rings. The maximum Gasteiger partial charge on any atom is 0.328 e. The van der Waals surface area contributed by atoms with Crippen LogP contribution >= 0.6 is 11.3 Å². The summed E-state index contributed by atoms with van der Waals surface area (Å²) in [7, 11) is 0. The molecular weight excluding hydrogens is 504 g/mol. The normalized spacial score (nSPS) is 13.5. The van der Waals surface area contributed by atoms with E-state index < -0.39 is 11.9 Å². The van der Waals surface area contributed by atoms with Gasteiger partial charge in [-0.25, -0.2) is 9.59 Å². The molecule has 0 bridgehead atoms. The van der Waals surface area contributed by atoms with Crippen LogP contribution in [-0.4, -0.2) is 76.3 Å². The Labute approximate surface area is 225 Å². The molecule has 4 N–H and O–H groups in total. The molecule has 0 radical (unpaired) electrons. The zero-order valence-corrected chi connectivity index (χ0v) is 21.9. The van der Waals surface area contributed by atoms with Crippen molar-refractivity contribution in [2.45, 2.75) is 6.54 Å². The zero-order chi connectivity index (χ0) is 27.3. The van der Waals surface area contributed by atoms with Crippen molar-refractivity contribution >= 4 is 50.9 Å². The second-order valence-electron chi connectivity index (χ2n) is 8.34. The summed E-state index contributed by atoms with van der Waals surface area (Å²) in [5.74, 6) is -0.148. The summed E-state index contributed by atoms with van der Waals surface area (Å²) in [6, 6.07) is 11.0. The Kier molecular flexibility index (Phi) is 10.8. The Bertz CT molecular complexity index is 1240. The summed E-state index contributed by atoms with van der Waals surface area (Å²) in [5.41, 5.74) is 1.38. The highest BCUT2D eigenvalue weighted by molar-refractivity contribution is 7.17. The van der Waals surface area contributed by atoms with Crippen LogP contribution in [0.25, 0.3) is 10.1 Å². The lowest BCUT2D eigenvalue weighted by atomic mass is 10.1. The number of aromatic nitrogens is 2. The number of benzene rings is 1. The number of hydrogen-bond donors (Lipinski definition) is 4. The minimum absolute atomic E-state index is 0.558. The van der Waals surface area contributed by atoms with Crippen LogP contribution in [0.3, 0.4) is 0 Å². The lowest BCUT2D eigenvalue weighted by Gasteiger charge is -2.35. The highest BCUT2D eigenvalue weighted by Crippen LogP contribution is 2.24. The van der Waals surface area contributed by atoms with E-state index in [4.69, 9.17) is 15.2 Å². The van der Waals surface area contributed by atoms with Gasteiger partial charge in [-0.1, -0.05) is 18.2 Å². The summed E-state index contributed by atoms with van der Waals surface area (Å²) in [5, 5.41) is 25.6. The van der Waals surface area contributed by atoms with Gasteiger partial charge in [0.15, 0.2) is 0 Å². The third-order valence-corrected chi connectivity index (χ3v) is 6.43. The van der Waals surface area contributed by atoms with Gasteiger partial charge < -0.3 is 25.7 Å². The van der Waals surface area contributed by atoms with Gasteiger partial charge in [0.25, 0.3) is 0 Å². The van der Waals surface area contributed by atoms with Crippen LogP contribution in [0.1, 0.15) is 5.56 Å². The molecule has 1 aliphatic rings. The van der Waals surface area contributed by atoms with Crippen LogP contribution in [-0.2, 0) is 16.1 Å². The van der Waals surface area contributed by atoms with Gasteiger partial charge in [-0.05, 0) is 34.5 Å². The summed E-state index contributed by atoms with van der Waals surface area (Å²) < 4.78 is 1.36. The van der Waals surface area contributed by atoms with E-state index >= 15 is 0 Å². The topological polar surface area (TPSA) is 131 Å². The highest BCUT2D eigenvalue weighted by atomic mass is 32.1. The molecular formula is C27H32N6O4S. The average molecular weight is 537 g/mol. The van der Waals surface area contributed by atoms with E-state index in [1.807, 2.05) is 12.1 Å². The van der Waals surface area contributed by atoms with Crippen molar-refractivity contribution in [3.63, 3.8) is 0 Å². The van der Waals surface area contributed by atoms with Crippen molar-refractivity contribution in [3.05, 3.63) is 78.7 Å². The number of aliphatic carboxylic acids is 2. The Morgan fingerprint density at radius 1 is 0.947 bits per heavy atom. The quantitative estimate of drug-likeness (QED) is 0.211. The van der Waals surface area contributed by atoms with E-state index in [2.05, 4.69) is 68.2 Å². The first-order valence-electron chi connectivity index (χ1n) is 12.0. The number of hydrogen-bond acceptors (Lipinski definition) is 9. The van der Waals surface area contributed by atoms with E-state index in [1.54, 1.807) is 17.4 Å². The lowest BCUT2D eigenvalue weighted by Crippen LogP contribution is -2.46. The van der Waals surface area contributed by atoms with Gasteiger partial charge in [0.2, 0.25) is 5.95 Å². The first kappa shape index (κ1) is 28.4. The van der Waals surface area contributed by atoms with Crippen molar-refractivity contribution in [3.8, 4) is 0 Å². The maximum atomic E-state index is 9.55. The van der Waals surface area contributed by atoms with Gasteiger partial charge in [-0.2, -0.15) is 9.97 Å². The molecule has 1 saturated heterocycles. The maximum absolute atomic E-state index is 9.55. The van der Waals surface area contributed by atoms with Crippen LogP contribution in [0, 0.1) is 0 Å². The largest absolute Gasteiger partial charge is 0.478 e. The van der Waals surface area contributed by atoms with E-state index in [1.165, 1.54) is 15.6 Å². The van der Waals surface area contributed by atoms with Crippen LogP contribution in [0.5, 0.6) is 0 Å². The molecule has 0 amide bonds. The second-order valence-corrected chi connectivity index (χ2v) is 9.29. The summed E-state index contributed by atoms with van der Waals surface area (Å²) in [6.45, 7) is 13.7. The Morgan fingerprint density at radius 2 is 1.63 bits per heavy atom. The van der Waals surface area contributed by atoms with Gasteiger partial charge in [0.1, 0.15) is 11.6 Å². The van der Waals surface area contributed by atoms with E-state index in [0.717, 1.165) is 44.4 Å². The summed E-state index contributed by atoms with van der Waals surface area (Å²) in [6.07, 6.45) is 4.74. The Morgan fingerprint density at radius 3 is 2.29 bits per heavy atom. The second kappa shape index (κ2) is 14.5. The smallest absolute Gasteiger partial charge is 0.328 e. The third-order valence-electron chi connectivity index (χ3n) is 5.53. The molecule has 1 aliphatic heterocycles. The number of piperazine rings is 1. The summed E-state index contributed by atoms with van der Waals surface area (Å²) in [4.78, 5) is 33.2. The Balaban J connectivity index is 0.000000436. The number of thiophene rings is 1. The fraction of sp³-hybridized carbons (Fsp3) is 0.259. The molecule has 10 nitrogen and oxygen atoms in total. The number of nitrogens with one attached hydrogen (secondary N) is 2. The van der Waals surface area contributed by atoms with Crippen LogP contribution in [0.15, 0.2) is 73.2 Å². The Hall–Kier alpha value is -4.22. The standard InChI is InChI=1S/C23H28N6S.C4H4O4/c1-3-8-24-21-16-22(27-23(26-21)25-9-4-2)29-12-10-28(11-13-29)17-18-5-6-20-19(15-18)7-14-30-20;5-3(6)1-2-4(7)8/h3-7,14-16H,1-2,8-13,17H2,(H2,24,25,26,27);1-2H,(H,5,6)(H,7,8)/b;2-1+.